The van der Waals surface area contributed by atoms with Gasteiger partial charge in [0.2, 0.25) is 0 Å². The Bertz CT molecular complexity index is 26.7. The van der Waals surface area contributed by atoms with E-state index in [1.165, 1.54) is 0 Å². The molecule has 0 aliphatic heterocycles. The van der Waals surface area contributed by atoms with Gasteiger partial charge in [-0.15, -0.1) is 11.6 Å². The van der Waals surface area contributed by atoms with Crippen molar-refractivity contribution in [3.05, 3.63) is 0 Å². The fraction of sp³-hybridized carbons (Fsp3) is 1.00. The minimum absolute atomic E-state index is 0.478. The summed E-state index contributed by atoms with van der Waals surface area (Å²) in [6, 6.07) is 0. The third-order valence-electron chi connectivity index (χ3n) is 0.666. The van der Waals surface area contributed by atoms with E-state index in [0.29, 0.717) is 18.1 Å². The predicted molar refractivity (Wildman–Crippen MR) is 30.4 cm³/mol. The molecule has 0 N–H and O–H groups in total. The molecule has 1 atom stereocenters. The van der Waals surface area contributed by atoms with Gasteiger partial charge in [-0.2, -0.15) is 0 Å². The Morgan fingerprint density at radius 1 is 1.83 bits per heavy atom. The molecular weight excluding hydrogens is 94.3 g/mol. The van der Waals surface area contributed by atoms with Crippen LogP contribution in [0.4, 0.5) is 0 Å². The zero-order valence-corrected chi connectivity index (χ0v) is 4.70. The predicted octanol–water partition coefficient (Wildman–Crippen LogP) is 1.45. The van der Waals surface area contributed by atoms with Gasteiger partial charge in [0, 0.05) is 5.88 Å². The van der Waals surface area contributed by atoms with Gasteiger partial charge in [0.1, 0.15) is 0 Å². The van der Waals surface area contributed by atoms with Crippen molar-refractivity contribution < 1.29 is 0 Å². The monoisotopic (exact) mass is 102 g/mol. The van der Waals surface area contributed by atoms with Gasteiger partial charge in [0.05, 0.1) is 7.85 Å². The molecule has 0 aromatic heterocycles. The molecule has 0 saturated carbocycles. The molecule has 0 amide bonds. The van der Waals surface area contributed by atoms with E-state index in [9.17, 15) is 0 Å². The van der Waals surface area contributed by atoms with Gasteiger partial charge >= 0.3 is 0 Å². The van der Waals surface area contributed by atoms with E-state index in [1.54, 1.807) is 0 Å². The van der Waals surface area contributed by atoms with Crippen LogP contribution in [0.2, 0.25) is 6.32 Å². The third-order valence-corrected chi connectivity index (χ3v) is 1.19. The summed E-state index contributed by atoms with van der Waals surface area (Å²) in [6.07, 6.45) is 0.698. The van der Waals surface area contributed by atoms with Crippen LogP contribution in [0.25, 0.3) is 0 Å². The second-order valence-corrected chi connectivity index (χ2v) is 1.80. The molecule has 0 nitrogen and oxygen atoms in total. The van der Waals surface area contributed by atoms with Crippen LogP contribution in [0, 0.1) is 5.92 Å². The van der Waals surface area contributed by atoms with Crippen LogP contribution in [0.15, 0.2) is 0 Å². The van der Waals surface area contributed by atoms with Crippen molar-refractivity contribution in [3.8, 4) is 0 Å². The lowest BCUT2D eigenvalue weighted by Crippen LogP contribution is -1.91. The fourth-order valence-corrected chi connectivity index (χ4v) is 0.189. The topological polar surface area (TPSA) is 0 Å². The van der Waals surface area contributed by atoms with E-state index in [2.05, 4.69) is 0 Å². The van der Waals surface area contributed by atoms with E-state index in [-0.39, 0.29) is 0 Å². The minimum atomic E-state index is 0.478. The van der Waals surface area contributed by atoms with Gasteiger partial charge in [-0.05, 0) is 5.92 Å². The molecule has 0 aromatic rings. The maximum atomic E-state index is 5.37. The molecule has 0 aliphatic carbocycles. The highest BCUT2D eigenvalue weighted by molar-refractivity contribution is 6.18. The highest BCUT2D eigenvalue weighted by atomic mass is 35.5. The van der Waals surface area contributed by atoms with Crippen molar-refractivity contribution in [2.24, 2.45) is 5.92 Å². The minimum Gasteiger partial charge on any atom is -0.126 e. The summed E-state index contributed by atoms with van der Waals surface area (Å²) in [6.45, 7) is 2.02. The van der Waals surface area contributed by atoms with Crippen LogP contribution < -0.4 is 0 Å². The summed E-state index contributed by atoms with van der Waals surface area (Å²) >= 11 is 5.37. The number of hydrogen-bond acceptors (Lipinski definition) is 0. The van der Waals surface area contributed by atoms with Gasteiger partial charge in [-0.3, -0.25) is 0 Å². The number of hydrogen-bond donors (Lipinski definition) is 0. The first-order valence-electron chi connectivity index (χ1n) is 2.07. The van der Waals surface area contributed by atoms with Crippen LogP contribution in [-0.4, -0.2) is 13.7 Å². The fourth-order valence-electron chi connectivity index (χ4n) is 0.0630. The molecule has 6 heavy (non-hydrogen) atoms. The van der Waals surface area contributed by atoms with Crippen molar-refractivity contribution >= 4 is 19.4 Å². The molecule has 0 rings (SSSR count). The Labute approximate surface area is 45.3 Å². The first kappa shape index (κ1) is 6.35. The van der Waals surface area contributed by atoms with Crippen molar-refractivity contribution in [1.29, 1.82) is 0 Å². The molecule has 0 aliphatic rings. The molecule has 0 spiro atoms. The molecule has 2 heteroatoms. The summed E-state index contributed by atoms with van der Waals surface area (Å²) in [7, 11) is 5.20. The zero-order valence-electron chi connectivity index (χ0n) is 3.95. The maximum absolute atomic E-state index is 5.37. The molecule has 0 heterocycles. The standard InChI is InChI=1S/C4H8BCl/c1-4(2-5)3-6/h4H,2-3H2,1H3. The molecule has 0 aromatic carbocycles. The van der Waals surface area contributed by atoms with Gasteiger partial charge < -0.3 is 0 Å². The molecule has 34 valence electrons. The summed E-state index contributed by atoms with van der Waals surface area (Å²) in [5, 5.41) is 0. The van der Waals surface area contributed by atoms with Crippen molar-refractivity contribution in [2.45, 2.75) is 13.2 Å². The lowest BCUT2D eigenvalue weighted by molar-refractivity contribution is 0.744. The Hall–Kier alpha value is 0.355. The largest absolute Gasteiger partial charge is 0.126 e. The van der Waals surface area contributed by atoms with Crippen LogP contribution in [0.1, 0.15) is 6.92 Å². The molecule has 0 fully saturated rings. The van der Waals surface area contributed by atoms with Crippen LogP contribution in [-0.2, 0) is 0 Å². The lowest BCUT2D eigenvalue weighted by atomic mass is 9.94. The third kappa shape index (κ3) is 2.58. The quantitative estimate of drug-likeness (QED) is 0.366. The Morgan fingerprint density at radius 2 is 2.33 bits per heavy atom. The first-order chi connectivity index (χ1) is 2.81. The average Bonchev–Trinajstić information content (AvgIpc) is 1.65. The summed E-state index contributed by atoms with van der Waals surface area (Å²) in [4.78, 5) is 0. The maximum Gasteiger partial charge on any atom is 0.0657 e. The molecule has 0 bridgehead atoms. The van der Waals surface area contributed by atoms with Gasteiger partial charge in [0.25, 0.3) is 0 Å². The number of halogens is 1. The summed E-state index contributed by atoms with van der Waals surface area (Å²) in [5.41, 5.74) is 0. The molecule has 2 radical (unpaired) electrons. The summed E-state index contributed by atoms with van der Waals surface area (Å²) < 4.78 is 0. The van der Waals surface area contributed by atoms with E-state index in [4.69, 9.17) is 19.4 Å². The second kappa shape index (κ2) is 3.54. The van der Waals surface area contributed by atoms with E-state index in [0.717, 1.165) is 0 Å². The Balaban J connectivity index is 2.75. The van der Waals surface area contributed by atoms with Crippen LogP contribution in [0.5, 0.6) is 0 Å². The van der Waals surface area contributed by atoms with Crippen molar-refractivity contribution in [3.63, 3.8) is 0 Å². The second-order valence-electron chi connectivity index (χ2n) is 1.50. The van der Waals surface area contributed by atoms with Crippen molar-refractivity contribution in [2.75, 3.05) is 5.88 Å². The van der Waals surface area contributed by atoms with Crippen molar-refractivity contribution in [1.82, 2.24) is 0 Å². The SMILES string of the molecule is [B]CC(C)CCl. The Kier molecular flexibility index (Phi) is 3.75. The Morgan fingerprint density at radius 3 is 2.33 bits per heavy atom. The normalized spacial score (nSPS) is 14.3. The number of rotatable bonds is 2. The lowest BCUT2D eigenvalue weighted by Gasteiger charge is -1.97. The van der Waals surface area contributed by atoms with Gasteiger partial charge in [-0.1, -0.05) is 13.2 Å². The van der Waals surface area contributed by atoms with Gasteiger partial charge in [-0.25, -0.2) is 0 Å². The molecule has 1 unspecified atom stereocenters. The first-order valence-corrected chi connectivity index (χ1v) is 2.60. The molecular formula is C4H8BCl. The average molecular weight is 102 g/mol. The van der Waals surface area contributed by atoms with E-state index >= 15 is 0 Å². The van der Waals surface area contributed by atoms with E-state index in [1.807, 2.05) is 6.92 Å². The highest BCUT2D eigenvalue weighted by Gasteiger charge is 1.90. The van der Waals surface area contributed by atoms with Crippen LogP contribution >= 0.6 is 11.6 Å². The van der Waals surface area contributed by atoms with Crippen LogP contribution in [0.3, 0.4) is 0 Å². The number of alkyl halides is 1. The smallest absolute Gasteiger partial charge is 0.0657 e. The molecule has 0 saturated heterocycles. The summed E-state index contributed by atoms with van der Waals surface area (Å²) in [5.74, 6) is 1.16. The van der Waals surface area contributed by atoms with Gasteiger partial charge in [0.15, 0.2) is 0 Å². The zero-order chi connectivity index (χ0) is 4.99. The highest BCUT2D eigenvalue weighted by Crippen LogP contribution is 1.99. The van der Waals surface area contributed by atoms with E-state index < -0.39 is 0 Å².